The number of hydroxylamine groups is 1. The molecule has 0 unspecified atom stereocenters. The first-order valence-corrected chi connectivity index (χ1v) is 6.16. The number of carbonyl (C=O) groups excluding carboxylic acids is 2. The van der Waals surface area contributed by atoms with Crippen molar-refractivity contribution < 1.29 is 19.2 Å². The van der Waals surface area contributed by atoms with Crippen molar-refractivity contribution in [2.75, 3.05) is 5.32 Å². The van der Waals surface area contributed by atoms with E-state index in [1.807, 2.05) is 0 Å². The Morgan fingerprint density at radius 2 is 1.95 bits per heavy atom. The second kappa shape index (κ2) is 6.69. The minimum Gasteiger partial charge on any atom is -0.444 e. The Bertz CT molecular complexity index is 534. The lowest BCUT2D eigenvalue weighted by Gasteiger charge is -2.19. The molecule has 0 spiro atoms. The Hall–Kier alpha value is -2.64. The molecular weight excluding hydrogens is 276 g/mol. The maximum atomic E-state index is 11.5. The Morgan fingerprint density at radius 1 is 1.29 bits per heavy atom. The fourth-order valence-electron chi connectivity index (χ4n) is 1.21. The van der Waals surface area contributed by atoms with Gasteiger partial charge in [0.25, 0.3) is 0 Å². The van der Waals surface area contributed by atoms with Crippen molar-refractivity contribution in [2.24, 2.45) is 0 Å². The summed E-state index contributed by atoms with van der Waals surface area (Å²) in [6.07, 6.45) is 0.738. The molecule has 1 amide bonds. The molecule has 0 fully saturated rings. The van der Waals surface area contributed by atoms with Crippen LogP contribution in [-0.4, -0.2) is 28.5 Å². The van der Waals surface area contributed by atoms with Gasteiger partial charge in [-0.2, -0.15) is 0 Å². The van der Waals surface area contributed by atoms with E-state index >= 15 is 0 Å². The molecule has 0 aliphatic carbocycles. The summed E-state index contributed by atoms with van der Waals surface area (Å²) in [7, 11) is 0. The Kier molecular flexibility index (Phi) is 5.23. The van der Waals surface area contributed by atoms with Crippen LogP contribution >= 0.6 is 0 Å². The Labute approximate surface area is 122 Å². The number of nitrogens with zero attached hydrogens (tertiary/aromatic N) is 1. The van der Waals surface area contributed by atoms with E-state index in [1.165, 1.54) is 19.2 Å². The molecule has 8 heteroatoms. The van der Waals surface area contributed by atoms with E-state index in [9.17, 15) is 9.59 Å². The van der Waals surface area contributed by atoms with Gasteiger partial charge in [-0.05, 0) is 32.9 Å². The molecule has 1 aromatic heterocycles. The number of anilines is 1. The van der Waals surface area contributed by atoms with Crippen LogP contribution in [0.3, 0.4) is 0 Å². The first-order valence-electron chi connectivity index (χ1n) is 6.16. The fourth-order valence-corrected chi connectivity index (χ4v) is 1.21. The smallest absolute Gasteiger partial charge is 0.413 e. The lowest BCUT2D eigenvalue weighted by Crippen LogP contribution is -2.28. The predicted octanol–water partition coefficient (Wildman–Crippen LogP) is 1.82. The molecule has 114 valence electrons. The predicted molar refractivity (Wildman–Crippen MR) is 75.8 cm³/mol. The highest BCUT2D eigenvalue weighted by Gasteiger charge is 2.16. The lowest BCUT2D eigenvalue weighted by atomic mass is 10.2. The van der Waals surface area contributed by atoms with Gasteiger partial charge in [-0.15, -0.1) is 0 Å². The average Bonchev–Trinajstić information content (AvgIpc) is 2.34. The van der Waals surface area contributed by atoms with Gasteiger partial charge in [0.2, 0.25) is 0 Å². The number of rotatable bonds is 2. The molecule has 0 aromatic carbocycles. The van der Waals surface area contributed by atoms with Gasteiger partial charge in [0.05, 0.1) is 0 Å². The summed E-state index contributed by atoms with van der Waals surface area (Å²) in [6.45, 7) is 6.48. The maximum Gasteiger partial charge on any atom is 0.413 e. The Balaban J connectivity index is 2.60. The van der Waals surface area contributed by atoms with E-state index < -0.39 is 17.7 Å². The summed E-state index contributed by atoms with van der Waals surface area (Å²) in [6, 6.07) is 3.04. The third-order valence-corrected chi connectivity index (χ3v) is 1.98. The van der Waals surface area contributed by atoms with E-state index in [-0.39, 0.29) is 11.7 Å². The quantitative estimate of drug-likeness (QED) is 0.435. The van der Waals surface area contributed by atoms with Crippen LogP contribution in [-0.2, 0) is 14.4 Å². The first kappa shape index (κ1) is 16.4. The van der Waals surface area contributed by atoms with Crippen LogP contribution in [0, 0.1) is 5.41 Å². The summed E-state index contributed by atoms with van der Waals surface area (Å²) in [4.78, 5) is 30.6. The highest BCUT2D eigenvalue weighted by molar-refractivity contribution is 5.96. The van der Waals surface area contributed by atoms with E-state index in [1.54, 1.807) is 26.8 Å². The number of pyridine rings is 1. The number of amidine groups is 1. The summed E-state index contributed by atoms with van der Waals surface area (Å²) < 4.78 is 5.08. The van der Waals surface area contributed by atoms with Crippen LogP contribution in [0.15, 0.2) is 18.3 Å². The second-order valence-electron chi connectivity index (χ2n) is 5.13. The van der Waals surface area contributed by atoms with Gasteiger partial charge < -0.3 is 9.57 Å². The van der Waals surface area contributed by atoms with Crippen molar-refractivity contribution >= 4 is 23.7 Å². The largest absolute Gasteiger partial charge is 0.444 e. The molecule has 1 aromatic rings. The number of amides is 1. The van der Waals surface area contributed by atoms with Gasteiger partial charge in [-0.3, -0.25) is 15.5 Å². The fraction of sp³-hybridized carbons (Fsp3) is 0.385. The molecule has 3 N–H and O–H groups in total. The van der Waals surface area contributed by atoms with Crippen molar-refractivity contribution in [3.05, 3.63) is 23.9 Å². The highest BCUT2D eigenvalue weighted by atomic mass is 16.7. The molecule has 0 aliphatic heterocycles. The van der Waals surface area contributed by atoms with Crippen molar-refractivity contribution in [3.63, 3.8) is 0 Å². The molecule has 0 saturated carbocycles. The summed E-state index contributed by atoms with van der Waals surface area (Å²) >= 11 is 0. The molecule has 8 nitrogen and oxygen atoms in total. The minimum atomic E-state index is -0.615. The topological polar surface area (TPSA) is 113 Å². The molecule has 0 aliphatic rings. The van der Waals surface area contributed by atoms with Gasteiger partial charge in [-0.1, -0.05) is 0 Å². The Morgan fingerprint density at radius 3 is 2.43 bits per heavy atom. The van der Waals surface area contributed by atoms with E-state index in [2.05, 4.69) is 20.6 Å². The first-order chi connectivity index (χ1) is 9.67. The van der Waals surface area contributed by atoms with Crippen LogP contribution in [0.25, 0.3) is 0 Å². The van der Waals surface area contributed by atoms with Gasteiger partial charge >= 0.3 is 12.1 Å². The average molecular weight is 294 g/mol. The molecule has 0 atom stereocenters. The summed E-state index contributed by atoms with van der Waals surface area (Å²) in [5.41, 5.74) is 1.97. The molecular formula is C13H18N4O4. The zero-order valence-electron chi connectivity index (χ0n) is 12.3. The van der Waals surface area contributed by atoms with Crippen LogP contribution in [0.2, 0.25) is 0 Å². The van der Waals surface area contributed by atoms with Gasteiger partial charge in [0.15, 0.2) is 5.84 Å². The zero-order chi connectivity index (χ0) is 16.0. The van der Waals surface area contributed by atoms with Crippen LogP contribution in [0.5, 0.6) is 0 Å². The SMILES string of the molecule is CC(=O)ONC(=N)c1ccc(NC(=O)OC(C)(C)C)nc1. The number of ether oxygens (including phenoxy) is 1. The standard InChI is InChI=1S/C13H18N4O4/c1-8(18)21-17-11(14)9-5-6-10(15-7-9)16-12(19)20-13(2,3)4/h5-7H,1-4H3,(H2,14,17)(H,15,16,19). The number of nitrogens with one attached hydrogen (secondary N) is 3. The van der Waals surface area contributed by atoms with E-state index in [0.717, 1.165) is 0 Å². The zero-order valence-corrected chi connectivity index (χ0v) is 12.3. The van der Waals surface area contributed by atoms with E-state index in [4.69, 9.17) is 10.1 Å². The molecule has 1 heterocycles. The van der Waals surface area contributed by atoms with Gasteiger partial charge in [-0.25, -0.2) is 15.3 Å². The number of aromatic nitrogens is 1. The van der Waals surface area contributed by atoms with Crippen molar-refractivity contribution in [3.8, 4) is 0 Å². The molecule has 0 radical (unpaired) electrons. The molecule has 0 bridgehead atoms. The van der Waals surface area contributed by atoms with Crippen molar-refractivity contribution in [1.29, 1.82) is 5.41 Å². The second-order valence-corrected chi connectivity index (χ2v) is 5.13. The lowest BCUT2D eigenvalue weighted by molar-refractivity contribution is -0.145. The monoisotopic (exact) mass is 294 g/mol. The summed E-state index contributed by atoms with van der Waals surface area (Å²) in [5.74, 6) is -0.397. The number of hydrogen-bond donors (Lipinski definition) is 3. The number of hydrogen-bond acceptors (Lipinski definition) is 6. The highest BCUT2D eigenvalue weighted by Crippen LogP contribution is 2.10. The molecule has 0 saturated heterocycles. The van der Waals surface area contributed by atoms with Crippen molar-refractivity contribution in [1.82, 2.24) is 10.5 Å². The van der Waals surface area contributed by atoms with Gasteiger partial charge in [0, 0.05) is 18.7 Å². The van der Waals surface area contributed by atoms with Crippen LogP contribution < -0.4 is 10.8 Å². The van der Waals surface area contributed by atoms with Crippen LogP contribution in [0.4, 0.5) is 10.6 Å². The third-order valence-electron chi connectivity index (χ3n) is 1.98. The maximum absolute atomic E-state index is 11.5. The van der Waals surface area contributed by atoms with Gasteiger partial charge in [0.1, 0.15) is 11.4 Å². The van der Waals surface area contributed by atoms with E-state index in [0.29, 0.717) is 5.56 Å². The molecule has 1 rings (SSSR count). The minimum absolute atomic E-state index is 0.124. The van der Waals surface area contributed by atoms with Crippen molar-refractivity contribution in [2.45, 2.75) is 33.3 Å². The molecule has 21 heavy (non-hydrogen) atoms. The number of carbonyl (C=O) groups is 2. The normalized spacial score (nSPS) is 10.5. The van der Waals surface area contributed by atoms with Crippen LogP contribution in [0.1, 0.15) is 33.3 Å². The summed E-state index contributed by atoms with van der Waals surface area (Å²) in [5, 5.41) is 10.1. The third kappa shape index (κ3) is 6.37.